The summed E-state index contributed by atoms with van der Waals surface area (Å²) in [6.45, 7) is 4.30. The molecule has 1 aliphatic rings. The minimum absolute atomic E-state index is 0.0279. The van der Waals surface area contributed by atoms with Crippen LogP contribution in [0.1, 0.15) is 155 Å². The van der Waals surface area contributed by atoms with E-state index in [-0.39, 0.29) is 18.9 Å². The second kappa shape index (κ2) is 26.3. The molecular weight excluding hydrogens is 562 g/mol. The molecule has 0 bridgehead atoms. The molecule has 0 radical (unpaired) electrons. The smallest absolute Gasteiger partial charge is 0.251 e. The zero-order valence-corrected chi connectivity index (χ0v) is 28.2. The third-order valence-corrected chi connectivity index (χ3v) is 9.14. The van der Waals surface area contributed by atoms with Crippen LogP contribution in [0, 0.1) is 0 Å². The van der Waals surface area contributed by atoms with Crippen LogP contribution in [-0.4, -0.2) is 104 Å². The summed E-state index contributed by atoms with van der Waals surface area (Å²) in [6, 6.07) is 0. The summed E-state index contributed by atoms with van der Waals surface area (Å²) < 4.78 is 5.55. The van der Waals surface area contributed by atoms with Crippen molar-refractivity contribution in [2.24, 2.45) is 0 Å². The van der Waals surface area contributed by atoms with Gasteiger partial charge in [0.2, 0.25) is 0 Å². The van der Waals surface area contributed by atoms with Crippen molar-refractivity contribution >= 4 is 5.91 Å². The summed E-state index contributed by atoms with van der Waals surface area (Å²) in [5.74, 6) is -0.385. The van der Waals surface area contributed by atoms with Crippen LogP contribution in [0.4, 0.5) is 0 Å². The van der Waals surface area contributed by atoms with Gasteiger partial charge in [0, 0.05) is 19.5 Å². The van der Waals surface area contributed by atoms with Crippen molar-refractivity contribution < 1.29 is 40.2 Å². The van der Waals surface area contributed by atoms with Gasteiger partial charge in [-0.05, 0) is 12.8 Å². The molecular formula is C35H69NO8. The largest absolute Gasteiger partial charge is 0.394 e. The SMILES string of the molecule is CCCCCCCCCCCCCCC(O)C(=O)N(CCCCCCCCCC)CC(O)C[C@@H]1O[C@H](CO)[C@@H](O)[C@H](O)[C@H]1O. The fraction of sp³-hybridized carbons (Fsp3) is 0.971. The lowest BCUT2D eigenvalue weighted by atomic mass is 9.92. The van der Waals surface area contributed by atoms with Gasteiger partial charge >= 0.3 is 0 Å². The molecule has 1 aliphatic heterocycles. The highest BCUT2D eigenvalue weighted by Crippen LogP contribution is 2.25. The van der Waals surface area contributed by atoms with E-state index in [9.17, 15) is 35.4 Å². The molecule has 1 heterocycles. The van der Waals surface area contributed by atoms with E-state index in [4.69, 9.17) is 4.74 Å². The Labute approximate surface area is 268 Å². The summed E-state index contributed by atoms with van der Waals surface area (Å²) in [4.78, 5) is 14.8. The summed E-state index contributed by atoms with van der Waals surface area (Å²) >= 11 is 0. The Bertz CT molecular complexity index is 681. The Hall–Kier alpha value is -0.810. The van der Waals surface area contributed by atoms with Gasteiger partial charge in [-0.15, -0.1) is 0 Å². The number of hydrogen-bond acceptors (Lipinski definition) is 8. The molecule has 0 aliphatic carbocycles. The van der Waals surface area contributed by atoms with Crippen LogP contribution in [0.25, 0.3) is 0 Å². The summed E-state index contributed by atoms with van der Waals surface area (Å²) in [6.07, 6.45) is 15.1. The van der Waals surface area contributed by atoms with Gasteiger partial charge in [0.1, 0.15) is 30.5 Å². The fourth-order valence-corrected chi connectivity index (χ4v) is 6.21. The van der Waals surface area contributed by atoms with E-state index in [2.05, 4.69) is 13.8 Å². The highest BCUT2D eigenvalue weighted by molar-refractivity contribution is 5.80. The summed E-state index contributed by atoms with van der Waals surface area (Å²) in [7, 11) is 0. The molecule has 1 fully saturated rings. The average molecular weight is 632 g/mol. The van der Waals surface area contributed by atoms with Crippen molar-refractivity contribution in [2.45, 2.75) is 198 Å². The lowest BCUT2D eigenvalue weighted by molar-refractivity contribution is -0.234. The van der Waals surface area contributed by atoms with E-state index in [1.807, 2.05) is 0 Å². The Balaban J connectivity index is 2.51. The molecule has 1 rings (SSSR count). The summed E-state index contributed by atoms with van der Waals surface area (Å²) in [5, 5.41) is 61.6. The van der Waals surface area contributed by atoms with Crippen LogP contribution < -0.4 is 0 Å². The lowest BCUT2D eigenvalue weighted by Crippen LogP contribution is -2.59. The zero-order chi connectivity index (χ0) is 32.6. The number of amides is 1. The molecule has 44 heavy (non-hydrogen) atoms. The van der Waals surface area contributed by atoms with Crippen molar-refractivity contribution in [2.75, 3.05) is 19.7 Å². The van der Waals surface area contributed by atoms with Crippen LogP contribution in [0.15, 0.2) is 0 Å². The first kappa shape index (κ1) is 41.2. The first-order valence-corrected chi connectivity index (χ1v) is 18.2. The van der Waals surface area contributed by atoms with Crippen LogP contribution >= 0.6 is 0 Å². The molecule has 1 saturated heterocycles. The molecule has 7 atom stereocenters. The molecule has 6 N–H and O–H groups in total. The minimum Gasteiger partial charge on any atom is -0.394 e. The molecule has 2 unspecified atom stereocenters. The van der Waals surface area contributed by atoms with E-state index in [1.165, 1.54) is 88.4 Å². The zero-order valence-electron chi connectivity index (χ0n) is 28.2. The summed E-state index contributed by atoms with van der Waals surface area (Å²) in [5.41, 5.74) is 0. The predicted molar refractivity (Wildman–Crippen MR) is 175 cm³/mol. The van der Waals surface area contributed by atoms with Crippen molar-refractivity contribution in [3.8, 4) is 0 Å². The number of hydrogen-bond donors (Lipinski definition) is 6. The van der Waals surface area contributed by atoms with Crippen LogP contribution in [-0.2, 0) is 9.53 Å². The van der Waals surface area contributed by atoms with Crippen molar-refractivity contribution in [1.82, 2.24) is 4.90 Å². The Kier molecular flexibility index (Phi) is 24.6. The third kappa shape index (κ3) is 17.8. The van der Waals surface area contributed by atoms with Gasteiger partial charge in [-0.25, -0.2) is 0 Å². The topological polar surface area (TPSA) is 151 Å². The number of carbonyl (C=O) groups excluding carboxylic acids is 1. The number of nitrogens with zero attached hydrogens (tertiary/aromatic N) is 1. The molecule has 262 valence electrons. The number of aliphatic hydroxyl groups excluding tert-OH is 6. The fourth-order valence-electron chi connectivity index (χ4n) is 6.21. The van der Waals surface area contributed by atoms with Gasteiger partial charge in [-0.3, -0.25) is 4.79 Å². The Morgan fingerprint density at radius 2 is 1.07 bits per heavy atom. The predicted octanol–water partition coefficient (Wildman–Crippen LogP) is 5.00. The molecule has 9 heteroatoms. The van der Waals surface area contributed by atoms with Crippen LogP contribution in [0.2, 0.25) is 0 Å². The van der Waals surface area contributed by atoms with Gasteiger partial charge in [-0.2, -0.15) is 0 Å². The van der Waals surface area contributed by atoms with E-state index >= 15 is 0 Å². The first-order chi connectivity index (χ1) is 21.3. The molecule has 0 aromatic carbocycles. The average Bonchev–Trinajstić information content (AvgIpc) is 3.02. The van der Waals surface area contributed by atoms with Gasteiger partial charge in [0.15, 0.2) is 0 Å². The molecule has 1 amide bonds. The quantitative estimate of drug-likeness (QED) is 0.0661. The maximum absolute atomic E-state index is 13.3. The standard InChI is InChI=1S/C35H69NO8/c1-3-5-7-9-11-13-14-15-16-17-19-21-23-29(39)35(43)36(24-22-20-18-12-10-8-6-4-2)26-28(38)25-30-32(40)34(42)33(41)31(27-37)44-30/h28-34,37-42H,3-27H2,1-2H3/t28?,29?,30-,31+,32-,33+,34+/m0/s1. The molecule has 0 aromatic heterocycles. The Morgan fingerprint density at radius 3 is 1.55 bits per heavy atom. The number of rotatable bonds is 28. The highest BCUT2D eigenvalue weighted by Gasteiger charge is 2.44. The third-order valence-electron chi connectivity index (χ3n) is 9.14. The maximum Gasteiger partial charge on any atom is 0.251 e. The van der Waals surface area contributed by atoms with Gasteiger partial charge in [0.25, 0.3) is 5.91 Å². The van der Waals surface area contributed by atoms with E-state index in [1.54, 1.807) is 0 Å². The van der Waals surface area contributed by atoms with Crippen molar-refractivity contribution in [1.29, 1.82) is 0 Å². The number of ether oxygens (including phenoxy) is 1. The highest BCUT2D eigenvalue weighted by atomic mass is 16.5. The molecule has 0 aromatic rings. The number of aliphatic hydroxyl groups is 6. The van der Waals surface area contributed by atoms with E-state index in [0.29, 0.717) is 13.0 Å². The minimum atomic E-state index is -1.51. The Morgan fingerprint density at radius 1 is 0.636 bits per heavy atom. The van der Waals surface area contributed by atoms with Crippen LogP contribution in [0.3, 0.4) is 0 Å². The first-order valence-electron chi connectivity index (χ1n) is 18.2. The van der Waals surface area contributed by atoms with E-state index in [0.717, 1.165) is 44.9 Å². The number of carbonyl (C=O) groups is 1. The second-order valence-corrected chi connectivity index (χ2v) is 13.2. The van der Waals surface area contributed by atoms with Crippen molar-refractivity contribution in [3.63, 3.8) is 0 Å². The van der Waals surface area contributed by atoms with Crippen LogP contribution in [0.5, 0.6) is 0 Å². The van der Waals surface area contributed by atoms with Gasteiger partial charge in [-0.1, -0.05) is 136 Å². The second-order valence-electron chi connectivity index (χ2n) is 13.2. The number of unbranched alkanes of at least 4 members (excludes halogenated alkanes) is 18. The molecule has 0 spiro atoms. The van der Waals surface area contributed by atoms with Crippen molar-refractivity contribution in [3.05, 3.63) is 0 Å². The van der Waals surface area contributed by atoms with Gasteiger partial charge in [0.05, 0.1) is 18.8 Å². The lowest BCUT2D eigenvalue weighted by Gasteiger charge is -2.41. The maximum atomic E-state index is 13.3. The molecule has 9 nitrogen and oxygen atoms in total. The van der Waals surface area contributed by atoms with Gasteiger partial charge < -0.3 is 40.3 Å². The normalized spacial score (nSPS) is 23.5. The monoisotopic (exact) mass is 632 g/mol. The van der Waals surface area contributed by atoms with E-state index < -0.39 is 49.3 Å². The molecule has 0 saturated carbocycles.